The topological polar surface area (TPSA) is 67.4 Å². The molecule has 0 unspecified atom stereocenters. The van der Waals surface area contributed by atoms with Gasteiger partial charge in [-0.1, -0.05) is 12.8 Å². The number of aromatic nitrogens is 2. The summed E-state index contributed by atoms with van der Waals surface area (Å²) in [6.45, 7) is 3.05. The third-order valence-electron chi connectivity index (χ3n) is 4.16. The molecule has 6 nitrogen and oxygen atoms in total. The molecule has 0 bridgehead atoms. The Balaban J connectivity index is 1.52. The van der Waals surface area contributed by atoms with E-state index in [9.17, 15) is 4.79 Å². The van der Waals surface area contributed by atoms with Gasteiger partial charge in [0.15, 0.2) is 0 Å². The fraction of sp³-hybridized carbons (Fsp3) is 0.667. The number of morpholine rings is 1. The van der Waals surface area contributed by atoms with Crippen LogP contribution in [0.1, 0.15) is 32.1 Å². The third-order valence-corrected chi connectivity index (χ3v) is 4.16. The lowest BCUT2D eigenvalue weighted by molar-refractivity contribution is -0.117. The summed E-state index contributed by atoms with van der Waals surface area (Å²) < 4.78 is 5.31. The molecule has 1 aromatic heterocycles. The summed E-state index contributed by atoms with van der Waals surface area (Å²) in [6, 6.07) is 0. The summed E-state index contributed by atoms with van der Waals surface area (Å²) in [6.07, 6.45) is 8.87. The molecule has 0 radical (unpaired) electrons. The first-order valence-corrected chi connectivity index (χ1v) is 7.76. The van der Waals surface area contributed by atoms with Crippen molar-refractivity contribution in [3.63, 3.8) is 0 Å². The van der Waals surface area contributed by atoms with Crippen LogP contribution in [-0.4, -0.2) is 42.2 Å². The Hall–Kier alpha value is -1.69. The van der Waals surface area contributed by atoms with Gasteiger partial charge in [0.25, 0.3) is 0 Å². The molecule has 1 saturated heterocycles. The van der Waals surface area contributed by atoms with Crippen LogP contribution < -0.4 is 10.2 Å². The minimum Gasteiger partial charge on any atom is -0.378 e. The van der Waals surface area contributed by atoms with Gasteiger partial charge >= 0.3 is 0 Å². The van der Waals surface area contributed by atoms with E-state index in [1.54, 1.807) is 12.4 Å². The lowest BCUT2D eigenvalue weighted by Gasteiger charge is -2.26. The normalized spacial score (nSPS) is 19.7. The molecule has 1 N–H and O–H groups in total. The SMILES string of the molecule is O=C(CC1CCCC1)Nc1cnc(N2CCOCC2)nc1. The van der Waals surface area contributed by atoms with Crippen molar-refractivity contribution in [1.29, 1.82) is 0 Å². The Labute approximate surface area is 124 Å². The van der Waals surface area contributed by atoms with Gasteiger partial charge in [-0.2, -0.15) is 0 Å². The van der Waals surface area contributed by atoms with E-state index in [0.717, 1.165) is 13.1 Å². The highest BCUT2D eigenvalue weighted by Crippen LogP contribution is 2.27. The summed E-state index contributed by atoms with van der Waals surface area (Å²) >= 11 is 0. The van der Waals surface area contributed by atoms with Crippen LogP contribution in [0.15, 0.2) is 12.4 Å². The average Bonchev–Trinajstić information content (AvgIpc) is 3.02. The summed E-state index contributed by atoms with van der Waals surface area (Å²) in [5.74, 6) is 1.33. The second kappa shape index (κ2) is 6.85. The smallest absolute Gasteiger partial charge is 0.225 e. The van der Waals surface area contributed by atoms with E-state index < -0.39 is 0 Å². The van der Waals surface area contributed by atoms with Crippen LogP contribution in [0.2, 0.25) is 0 Å². The van der Waals surface area contributed by atoms with Gasteiger partial charge in [0.1, 0.15) is 0 Å². The van der Waals surface area contributed by atoms with Gasteiger partial charge in [0.05, 0.1) is 31.3 Å². The molecule has 114 valence electrons. The van der Waals surface area contributed by atoms with Gasteiger partial charge in [0, 0.05) is 19.5 Å². The molecule has 2 aliphatic rings. The monoisotopic (exact) mass is 290 g/mol. The molecule has 3 rings (SSSR count). The second-order valence-electron chi connectivity index (χ2n) is 5.77. The van der Waals surface area contributed by atoms with Crippen molar-refractivity contribution in [2.45, 2.75) is 32.1 Å². The summed E-state index contributed by atoms with van der Waals surface area (Å²) in [7, 11) is 0. The zero-order valence-corrected chi connectivity index (χ0v) is 12.3. The highest BCUT2D eigenvalue weighted by molar-refractivity contribution is 5.90. The number of hydrogen-bond acceptors (Lipinski definition) is 5. The molecular formula is C15H22N4O2. The number of nitrogens with zero attached hydrogens (tertiary/aromatic N) is 3. The number of amides is 1. The van der Waals surface area contributed by atoms with E-state index in [0.29, 0.717) is 37.2 Å². The van der Waals surface area contributed by atoms with Crippen LogP contribution in [0, 0.1) is 5.92 Å². The number of ether oxygens (including phenoxy) is 1. The minimum atomic E-state index is 0.0737. The van der Waals surface area contributed by atoms with E-state index >= 15 is 0 Å². The number of hydrogen-bond donors (Lipinski definition) is 1. The molecule has 0 atom stereocenters. The van der Waals surface area contributed by atoms with Crippen molar-refractivity contribution in [2.24, 2.45) is 5.92 Å². The highest BCUT2D eigenvalue weighted by Gasteiger charge is 2.19. The number of carbonyl (C=O) groups excluding carboxylic acids is 1. The number of nitrogens with one attached hydrogen (secondary N) is 1. The summed E-state index contributed by atoms with van der Waals surface area (Å²) in [5, 5.41) is 2.89. The largest absolute Gasteiger partial charge is 0.378 e. The molecule has 1 aromatic rings. The molecule has 0 spiro atoms. The van der Waals surface area contributed by atoms with Crippen LogP contribution >= 0.6 is 0 Å². The van der Waals surface area contributed by atoms with Crippen molar-refractivity contribution in [1.82, 2.24) is 9.97 Å². The maximum absolute atomic E-state index is 12.0. The molecule has 6 heteroatoms. The fourth-order valence-electron chi connectivity index (χ4n) is 3.00. The van der Waals surface area contributed by atoms with Crippen LogP contribution in [0.25, 0.3) is 0 Å². The Kier molecular flexibility index (Phi) is 4.65. The van der Waals surface area contributed by atoms with Crippen LogP contribution in [0.3, 0.4) is 0 Å². The first-order chi connectivity index (χ1) is 10.3. The van der Waals surface area contributed by atoms with Crippen LogP contribution in [0.4, 0.5) is 11.6 Å². The molecule has 1 amide bonds. The van der Waals surface area contributed by atoms with Gasteiger partial charge in [-0.05, 0) is 18.8 Å². The van der Waals surface area contributed by atoms with E-state index in [2.05, 4.69) is 20.2 Å². The zero-order valence-electron chi connectivity index (χ0n) is 12.3. The van der Waals surface area contributed by atoms with Gasteiger partial charge in [-0.25, -0.2) is 9.97 Å². The third kappa shape index (κ3) is 3.91. The second-order valence-corrected chi connectivity index (χ2v) is 5.77. The number of carbonyl (C=O) groups is 1. The first-order valence-electron chi connectivity index (χ1n) is 7.76. The lowest BCUT2D eigenvalue weighted by Crippen LogP contribution is -2.37. The van der Waals surface area contributed by atoms with Crippen molar-refractivity contribution in [3.05, 3.63) is 12.4 Å². The van der Waals surface area contributed by atoms with Crippen LogP contribution in [0.5, 0.6) is 0 Å². The Morgan fingerprint density at radius 2 is 1.90 bits per heavy atom. The van der Waals surface area contributed by atoms with Gasteiger partial charge in [-0.3, -0.25) is 4.79 Å². The van der Waals surface area contributed by atoms with Crippen molar-refractivity contribution in [3.8, 4) is 0 Å². The molecule has 21 heavy (non-hydrogen) atoms. The van der Waals surface area contributed by atoms with E-state index in [-0.39, 0.29) is 5.91 Å². The summed E-state index contributed by atoms with van der Waals surface area (Å²) in [4.78, 5) is 22.7. The minimum absolute atomic E-state index is 0.0737. The van der Waals surface area contributed by atoms with Gasteiger partial charge < -0.3 is 15.0 Å². The highest BCUT2D eigenvalue weighted by atomic mass is 16.5. The molecule has 2 heterocycles. The first kappa shape index (κ1) is 14.3. The standard InChI is InChI=1S/C15H22N4O2/c20-14(9-12-3-1-2-4-12)18-13-10-16-15(17-11-13)19-5-7-21-8-6-19/h10-12H,1-9H2,(H,18,20). The summed E-state index contributed by atoms with van der Waals surface area (Å²) in [5.41, 5.74) is 0.676. The van der Waals surface area contributed by atoms with Gasteiger partial charge in [0.2, 0.25) is 11.9 Å². The fourth-order valence-corrected chi connectivity index (χ4v) is 3.00. The quantitative estimate of drug-likeness (QED) is 0.916. The number of rotatable bonds is 4. The maximum atomic E-state index is 12.0. The zero-order chi connectivity index (χ0) is 14.5. The maximum Gasteiger partial charge on any atom is 0.225 e. The Morgan fingerprint density at radius 3 is 2.57 bits per heavy atom. The van der Waals surface area contributed by atoms with E-state index in [4.69, 9.17) is 4.74 Å². The molecule has 1 aliphatic heterocycles. The molecule has 1 aliphatic carbocycles. The van der Waals surface area contributed by atoms with E-state index in [1.807, 2.05) is 0 Å². The average molecular weight is 290 g/mol. The van der Waals surface area contributed by atoms with Crippen molar-refractivity contribution < 1.29 is 9.53 Å². The lowest BCUT2D eigenvalue weighted by atomic mass is 10.0. The Morgan fingerprint density at radius 1 is 1.24 bits per heavy atom. The molecule has 1 saturated carbocycles. The predicted molar refractivity (Wildman–Crippen MR) is 80.3 cm³/mol. The van der Waals surface area contributed by atoms with Crippen molar-refractivity contribution in [2.75, 3.05) is 36.5 Å². The van der Waals surface area contributed by atoms with Crippen LogP contribution in [-0.2, 0) is 9.53 Å². The molecular weight excluding hydrogens is 268 g/mol. The Bertz CT molecular complexity index is 465. The predicted octanol–water partition coefficient (Wildman–Crippen LogP) is 1.83. The molecule has 0 aromatic carbocycles. The number of anilines is 2. The van der Waals surface area contributed by atoms with Gasteiger partial charge in [-0.15, -0.1) is 0 Å². The van der Waals surface area contributed by atoms with Crippen molar-refractivity contribution >= 4 is 17.5 Å². The van der Waals surface area contributed by atoms with E-state index in [1.165, 1.54) is 25.7 Å². The molecule has 2 fully saturated rings.